The highest BCUT2D eigenvalue weighted by Gasteiger charge is 2.34. The quantitative estimate of drug-likeness (QED) is 0.158. The van der Waals surface area contributed by atoms with Gasteiger partial charge in [-0.05, 0) is 41.0 Å². The molecule has 0 aliphatic carbocycles. The van der Waals surface area contributed by atoms with E-state index in [2.05, 4.69) is 215 Å². The van der Waals surface area contributed by atoms with E-state index >= 15 is 0 Å². The molecule has 4 nitrogen and oxygen atoms in total. The number of fused-ring (bicyclic) bond motifs is 18. The summed E-state index contributed by atoms with van der Waals surface area (Å²) in [5, 5.41) is 23.9. The van der Waals surface area contributed by atoms with Gasteiger partial charge < -0.3 is 9.13 Å². The highest BCUT2D eigenvalue weighted by molar-refractivity contribution is 7.27. The van der Waals surface area contributed by atoms with Crippen molar-refractivity contribution < 1.29 is 0 Å². The van der Waals surface area contributed by atoms with Crippen LogP contribution in [0.2, 0.25) is 0 Å². The highest BCUT2D eigenvalue weighted by Crippen LogP contribution is 2.56. The minimum atomic E-state index is 0.423. The number of hydrogen-bond donors (Lipinski definition) is 0. The molecule has 0 aliphatic rings. The topological polar surface area (TPSA) is 38.0 Å². The lowest BCUT2D eigenvalue weighted by Gasteiger charge is -2.26. The molecule has 0 unspecified atom stereocenters. The van der Waals surface area contributed by atoms with Crippen molar-refractivity contribution in [3.8, 4) is 50.8 Å². The van der Waals surface area contributed by atoms with Crippen LogP contribution in [-0.2, 0) is 0 Å². The molecule has 16 rings (SSSR count). The largest absolute Gasteiger partial charge is 0.316 e. The van der Waals surface area contributed by atoms with Gasteiger partial charge in [0.2, 0.25) is 5.69 Å². The Morgan fingerprint density at radius 2 is 0.827 bits per heavy atom. The van der Waals surface area contributed by atoms with E-state index in [1.54, 1.807) is 22.7 Å². The van der Waals surface area contributed by atoms with E-state index < -0.39 is 0 Å². The van der Waals surface area contributed by atoms with Crippen LogP contribution in [0.5, 0.6) is 0 Å². The molecule has 11 aromatic carbocycles. The maximum atomic E-state index is 12.3. The SMILES string of the molecule is [C-]#[N+]c1c(-c2ccccc2)c(C#N)c(-n2c3ccc4c5ccccc5sc4c3c3cccc(-c4ccccc4)c32)c(-c2ccccc2)c1-n1c2c(ccc3c4ccccc4sc32)c2ccc3c4ccccc4sc3c21. The Bertz CT molecular complexity index is 5070. The molecule has 0 aliphatic heterocycles. The Balaban J connectivity index is 1.22. The molecule has 0 fully saturated rings. The fourth-order valence-electron chi connectivity index (χ4n) is 12.3. The number of hydrogen-bond acceptors (Lipinski definition) is 4. The lowest BCUT2D eigenvalue weighted by molar-refractivity contribution is 1.14. The summed E-state index contributed by atoms with van der Waals surface area (Å²) in [4.78, 5) is 4.71. The maximum absolute atomic E-state index is 12.3. The van der Waals surface area contributed by atoms with Gasteiger partial charge >= 0.3 is 0 Å². The zero-order valence-corrected chi connectivity index (χ0v) is 42.2. The van der Waals surface area contributed by atoms with Crippen LogP contribution in [0.3, 0.4) is 0 Å². The van der Waals surface area contributed by atoms with E-state index in [1.165, 1.54) is 51.1 Å². The summed E-state index contributed by atoms with van der Waals surface area (Å²) in [6, 6.07) is 80.6. The Kier molecular flexibility index (Phi) is 9.05. The summed E-state index contributed by atoms with van der Waals surface area (Å²) in [5.74, 6) is 0. The maximum Gasteiger partial charge on any atom is 0.220 e. The summed E-state index contributed by atoms with van der Waals surface area (Å²) in [5.41, 5.74) is 11.7. The Morgan fingerprint density at radius 3 is 1.37 bits per heavy atom. The van der Waals surface area contributed by atoms with Gasteiger partial charge in [0.05, 0.1) is 55.0 Å². The van der Waals surface area contributed by atoms with Crippen LogP contribution < -0.4 is 0 Å². The van der Waals surface area contributed by atoms with E-state index in [4.69, 9.17) is 4.85 Å². The number of nitriles is 1. The third-order valence-electron chi connectivity index (χ3n) is 15.4. The molecule has 0 spiro atoms. The molecule has 0 saturated carbocycles. The molecule has 346 valence electrons. The highest BCUT2D eigenvalue weighted by atomic mass is 32.1. The number of rotatable bonds is 5. The average Bonchev–Trinajstić information content (AvgIpc) is 4.40. The second-order valence-electron chi connectivity index (χ2n) is 19.2. The molecule has 0 bridgehead atoms. The number of nitrogens with zero attached hydrogens (tertiary/aromatic N) is 4. The molecule has 16 aromatic rings. The molecule has 7 heteroatoms. The summed E-state index contributed by atoms with van der Waals surface area (Å²) in [6.07, 6.45) is 0. The molecule has 5 heterocycles. The first-order valence-corrected chi connectivity index (χ1v) is 27.4. The third kappa shape index (κ3) is 5.83. The van der Waals surface area contributed by atoms with E-state index in [0.717, 1.165) is 92.2 Å². The van der Waals surface area contributed by atoms with Gasteiger partial charge in [-0.1, -0.05) is 194 Å². The monoisotopic (exact) mass is 1000 g/mol. The van der Waals surface area contributed by atoms with Crippen LogP contribution in [0.1, 0.15) is 5.56 Å². The van der Waals surface area contributed by atoms with Crippen molar-refractivity contribution in [3.63, 3.8) is 0 Å². The predicted octanol–water partition coefficient (Wildman–Crippen LogP) is 20.4. The van der Waals surface area contributed by atoms with E-state index in [1.807, 2.05) is 29.5 Å². The molecule has 5 aromatic heterocycles. The van der Waals surface area contributed by atoms with Crippen molar-refractivity contribution in [2.75, 3.05) is 0 Å². The standard InChI is InChI=1S/C68H36N4S3/c1-70-60-57(40-20-7-3-8-21-40)52(38-69)62(71-53-37-36-48-43-24-11-14-29-54(43)73-66(48)59(53)51-28-17-27-42(61(51)71)39-18-5-2-6-19-39)58(41-22-9-4-10-23-41)65(60)72-63-46(32-34-49-44-25-12-15-30-55(44)74-67(49)63)47-33-35-50-45-26-13-16-31-56(45)75-68(50)64(47)72/h2-37H. The molecular weight excluding hydrogens is 969 g/mol. The van der Waals surface area contributed by atoms with Crippen LogP contribution in [0, 0.1) is 17.9 Å². The van der Waals surface area contributed by atoms with Crippen molar-refractivity contribution in [3.05, 3.63) is 235 Å². The minimum absolute atomic E-state index is 0.423. The molecule has 0 saturated heterocycles. The number of thiophene rings is 3. The third-order valence-corrected chi connectivity index (χ3v) is 19.0. The lowest BCUT2D eigenvalue weighted by Crippen LogP contribution is -2.09. The van der Waals surface area contributed by atoms with E-state index in [0.29, 0.717) is 16.8 Å². The molecule has 0 radical (unpaired) electrons. The zero-order chi connectivity index (χ0) is 49.5. The van der Waals surface area contributed by atoms with Crippen molar-refractivity contribution in [2.24, 2.45) is 0 Å². The predicted molar refractivity (Wildman–Crippen MR) is 321 cm³/mol. The Morgan fingerprint density at radius 1 is 0.373 bits per heavy atom. The first-order chi connectivity index (χ1) is 37.2. The van der Waals surface area contributed by atoms with E-state index in [-0.39, 0.29) is 0 Å². The first kappa shape index (κ1) is 42.2. The fraction of sp³-hybridized carbons (Fsp3) is 0. The van der Waals surface area contributed by atoms with Crippen molar-refractivity contribution >= 4 is 144 Å². The first-order valence-electron chi connectivity index (χ1n) is 24.9. The second-order valence-corrected chi connectivity index (χ2v) is 22.3. The van der Waals surface area contributed by atoms with Gasteiger partial charge in [0, 0.05) is 89.4 Å². The van der Waals surface area contributed by atoms with Crippen LogP contribution in [0.4, 0.5) is 5.69 Å². The molecule has 0 atom stereocenters. The van der Waals surface area contributed by atoms with Crippen LogP contribution in [0.15, 0.2) is 218 Å². The van der Waals surface area contributed by atoms with Crippen LogP contribution in [-0.4, -0.2) is 9.13 Å². The normalized spacial score (nSPS) is 12.0. The Hall–Kier alpha value is -9.34. The van der Waals surface area contributed by atoms with Crippen molar-refractivity contribution in [2.45, 2.75) is 0 Å². The lowest BCUT2D eigenvalue weighted by atomic mass is 9.88. The second kappa shape index (κ2) is 16.1. The van der Waals surface area contributed by atoms with Gasteiger partial charge in [-0.15, -0.1) is 34.0 Å². The summed E-state index contributed by atoms with van der Waals surface area (Å²) in [6.45, 7) is 9.62. The van der Waals surface area contributed by atoms with Crippen molar-refractivity contribution in [1.82, 2.24) is 9.13 Å². The summed E-state index contributed by atoms with van der Waals surface area (Å²) in [7, 11) is 0. The molecule has 0 N–H and O–H groups in total. The fourth-order valence-corrected chi connectivity index (χ4v) is 16.1. The number of aromatic nitrogens is 2. The van der Waals surface area contributed by atoms with Crippen molar-refractivity contribution in [1.29, 1.82) is 5.26 Å². The van der Waals surface area contributed by atoms with Gasteiger partial charge in [0.25, 0.3) is 0 Å². The summed E-state index contributed by atoms with van der Waals surface area (Å²) >= 11 is 5.43. The van der Waals surface area contributed by atoms with Crippen LogP contribution >= 0.6 is 34.0 Å². The van der Waals surface area contributed by atoms with Gasteiger partial charge in [-0.25, -0.2) is 4.85 Å². The molecular formula is C68H36N4S3. The van der Waals surface area contributed by atoms with Gasteiger partial charge in [-0.2, -0.15) is 5.26 Å². The van der Waals surface area contributed by atoms with Gasteiger partial charge in [-0.3, -0.25) is 0 Å². The molecule has 0 amide bonds. The molecule has 75 heavy (non-hydrogen) atoms. The average molecular weight is 1010 g/mol. The summed E-state index contributed by atoms with van der Waals surface area (Å²) < 4.78 is 12.0. The van der Waals surface area contributed by atoms with Crippen LogP contribution in [0.25, 0.3) is 154 Å². The van der Waals surface area contributed by atoms with E-state index in [9.17, 15) is 11.8 Å². The minimum Gasteiger partial charge on any atom is -0.316 e. The van der Waals surface area contributed by atoms with Gasteiger partial charge in [0.1, 0.15) is 6.07 Å². The zero-order valence-electron chi connectivity index (χ0n) is 39.8. The Labute approximate surface area is 441 Å². The smallest absolute Gasteiger partial charge is 0.220 e. The van der Waals surface area contributed by atoms with Gasteiger partial charge in [0.15, 0.2) is 0 Å². The number of para-hydroxylation sites is 1. The number of benzene rings is 11.